The molecule has 2 N–H and O–H groups in total. The molecular weight excluding hydrogens is 493 g/mol. The number of anilines is 1. The number of carbonyl (C=O) groups is 1. The molecule has 2 aromatic rings. The van der Waals surface area contributed by atoms with E-state index in [1.54, 1.807) is 0 Å². The van der Waals surface area contributed by atoms with E-state index in [-0.39, 0.29) is 47.6 Å². The van der Waals surface area contributed by atoms with Crippen LogP contribution in [0, 0.1) is 16.1 Å². The molecule has 0 radical (unpaired) electrons. The van der Waals surface area contributed by atoms with E-state index in [0.29, 0.717) is 25.7 Å². The van der Waals surface area contributed by atoms with Gasteiger partial charge in [-0.3, -0.25) is 9.48 Å². The van der Waals surface area contributed by atoms with Crippen LogP contribution in [0.15, 0.2) is 23.4 Å². The summed E-state index contributed by atoms with van der Waals surface area (Å²) in [5.74, 6) is -4.23. The molecule has 0 aromatic carbocycles. The van der Waals surface area contributed by atoms with E-state index < -0.39 is 44.4 Å². The Morgan fingerprint density at radius 1 is 1.29 bits per heavy atom. The summed E-state index contributed by atoms with van der Waals surface area (Å²) in [6.07, 6.45) is -0.850. The lowest BCUT2D eigenvalue weighted by Crippen LogP contribution is -2.54. The summed E-state index contributed by atoms with van der Waals surface area (Å²) < 4.78 is 89.8. The molecular formula is C22H24F5N5O2S. The SMILES string of the molecule is C[S@@](=N)(=O)c1cc(NC(=O)c2c(C(F)(F)F)c(C3CC3)nn2CC2CC3(C2)CC(F)(F)C3)ccn1. The zero-order valence-corrected chi connectivity index (χ0v) is 19.6. The van der Waals surface area contributed by atoms with Crippen LogP contribution >= 0.6 is 0 Å². The second-order valence-corrected chi connectivity index (χ2v) is 12.3. The van der Waals surface area contributed by atoms with Crippen LogP contribution in [0.25, 0.3) is 0 Å². The van der Waals surface area contributed by atoms with Crippen LogP contribution in [0.5, 0.6) is 0 Å². The molecule has 35 heavy (non-hydrogen) atoms. The Balaban J connectivity index is 1.45. The number of halogens is 5. The molecule has 0 bridgehead atoms. The molecule has 0 aliphatic heterocycles. The van der Waals surface area contributed by atoms with Crippen LogP contribution in [-0.4, -0.2) is 37.1 Å². The molecule has 1 spiro atoms. The highest BCUT2D eigenvalue weighted by Gasteiger charge is 2.61. The average molecular weight is 518 g/mol. The summed E-state index contributed by atoms with van der Waals surface area (Å²) in [5.41, 5.74) is -2.26. The quantitative estimate of drug-likeness (QED) is 0.509. The van der Waals surface area contributed by atoms with Gasteiger partial charge in [-0.1, -0.05) is 0 Å². The van der Waals surface area contributed by atoms with Crippen molar-refractivity contribution in [1.82, 2.24) is 14.8 Å². The number of amides is 1. The molecule has 3 aliphatic carbocycles. The first-order valence-electron chi connectivity index (χ1n) is 11.2. The summed E-state index contributed by atoms with van der Waals surface area (Å²) in [7, 11) is -3.21. The summed E-state index contributed by atoms with van der Waals surface area (Å²) in [5, 5.41) is 6.49. The number of aromatic nitrogens is 3. The lowest BCUT2D eigenvalue weighted by Gasteiger charge is -2.57. The van der Waals surface area contributed by atoms with Crippen molar-refractivity contribution < 1.29 is 31.0 Å². The van der Waals surface area contributed by atoms with Crippen LogP contribution < -0.4 is 5.32 Å². The molecule has 2 aromatic heterocycles. The first-order chi connectivity index (χ1) is 16.2. The number of nitrogens with one attached hydrogen (secondary N) is 2. The topological polar surface area (TPSA) is 101 Å². The van der Waals surface area contributed by atoms with Gasteiger partial charge < -0.3 is 5.32 Å². The second kappa shape index (κ2) is 7.71. The van der Waals surface area contributed by atoms with Gasteiger partial charge in [-0.2, -0.15) is 18.3 Å². The minimum atomic E-state index is -4.82. The third-order valence-electron chi connectivity index (χ3n) is 6.98. The first kappa shape index (κ1) is 24.1. The average Bonchev–Trinajstić information content (AvgIpc) is 3.44. The highest BCUT2D eigenvalue weighted by molar-refractivity contribution is 7.91. The van der Waals surface area contributed by atoms with E-state index in [9.17, 15) is 31.0 Å². The molecule has 0 saturated heterocycles. The lowest BCUT2D eigenvalue weighted by atomic mass is 9.50. The predicted octanol–water partition coefficient (Wildman–Crippen LogP) is 5.29. The number of alkyl halides is 5. The summed E-state index contributed by atoms with van der Waals surface area (Å²) in [6.45, 7) is 0.0307. The van der Waals surface area contributed by atoms with Gasteiger partial charge in [-0.05, 0) is 49.1 Å². The van der Waals surface area contributed by atoms with Crippen LogP contribution in [0.1, 0.15) is 66.2 Å². The van der Waals surface area contributed by atoms with Crippen molar-refractivity contribution in [1.29, 1.82) is 4.78 Å². The fourth-order valence-corrected chi connectivity index (χ4v) is 6.14. The Bertz CT molecular complexity index is 1280. The van der Waals surface area contributed by atoms with Gasteiger partial charge in [0.1, 0.15) is 16.3 Å². The Kier molecular flexibility index (Phi) is 5.32. The summed E-state index contributed by atoms with van der Waals surface area (Å²) >= 11 is 0. The number of hydrogen-bond acceptors (Lipinski definition) is 5. The molecule has 3 aliphatic rings. The highest BCUT2D eigenvalue weighted by atomic mass is 32.2. The lowest BCUT2D eigenvalue weighted by molar-refractivity contribution is -0.208. The van der Waals surface area contributed by atoms with Crippen molar-refractivity contribution >= 4 is 21.3 Å². The van der Waals surface area contributed by atoms with Gasteiger partial charge in [-0.25, -0.2) is 22.8 Å². The van der Waals surface area contributed by atoms with E-state index in [2.05, 4.69) is 15.4 Å². The third kappa shape index (κ3) is 4.66. The van der Waals surface area contributed by atoms with Crippen LogP contribution in [0.2, 0.25) is 0 Å². The highest BCUT2D eigenvalue weighted by Crippen LogP contribution is 2.64. The van der Waals surface area contributed by atoms with Crippen molar-refractivity contribution in [2.75, 3.05) is 11.6 Å². The number of carbonyl (C=O) groups excluding carboxylic acids is 1. The molecule has 190 valence electrons. The Morgan fingerprint density at radius 2 is 1.94 bits per heavy atom. The Hall–Kier alpha value is -2.57. The Morgan fingerprint density at radius 3 is 2.49 bits per heavy atom. The van der Waals surface area contributed by atoms with Crippen molar-refractivity contribution in [2.24, 2.45) is 11.3 Å². The van der Waals surface area contributed by atoms with Gasteiger partial charge in [0.15, 0.2) is 0 Å². The minimum Gasteiger partial charge on any atom is -0.320 e. The fraction of sp³-hybridized carbons (Fsp3) is 0.591. The smallest absolute Gasteiger partial charge is 0.320 e. The molecule has 3 fully saturated rings. The third-order valence-corrected chi connectivity index (χ3v) is 8.00. The van der Waals surface area contributed by atoms with Gasteiger partial charge in [0, 0.05) is 43.4 Å². The zero-order valence-electron chi connectivity index (χ0n) is 18.8. The molecule has 1 amide bonds. The van der Waals surface area contributed by atoms with Crippen molar-refractivity contribution in [3.05, 3.63) is 35.3 Å². The minimum absolute atomic E-state index is 0.0307. The predicted molar refractivity (Wildman–Crippen MR) is 116 cm³/mol. The monoisotopic (exact) mass is 517 g/mol. The normalized spacial score (nSPS) is 22.8. The maximum Gasteiger partial charge on any atom is 0.420 e. The van der Waals surface area contributed by atoms with Crippen molar-refractivity contribution in [3.63, 3.8) is 0 Å². The number of pyridine rings is 1. The summed E-state index contributed by atoms with van der Waals surface area (Å²) in [4.78, 5) is 17.0. The van der Waals surface area contributed by atoms with Gasteiger partial charge in [0.2, 0.25) is 5.92 Å². The van der Waals surface area contributed by atoms with Crippen LogP contribution in [0.4, 0.5) is 27.6 Å². The standard InChI is InChI=1S/C22H24F5N5O2S/c1-35(28,34)15-6-14(4-5-29-15)30-19(33)18-16(22(25,26)27)17(13-2-3-13)31-32(18)9-12-7-20(8-12)10-21(23,24)11-20/h4-6,12-13,28H,2-3,7-11H2,1H3,(H,29,30,33)/t35-/m1/s1. The molecule has 5 rings (SSSR count). The van der Waals surface area contributed by atoms with E-state index in [4.69, 9.17) is 4.78 Å². The maximum absolute atomic E-state index is 14.1. The van der Waals surface area contributed by atoms with Crippen LogP contribution in [0.3, 0.4) is 0 Å². The molecule has 0 unspecified atom stereocenters. The largest absolute Gasteiger partial charge is 0.420 e. The van der Waals surface area contributed by atoms with Gasteiger partial charge in [0.25, 0.3) is 5.91 Å². The maximum atomic E-state index is 14.1. The molecule has 7 nitrogen and oxygen atoms in total. The van der Waals surface area contributed by atoms with E-state index >= 15 is 0 Å². The summed E-state index contributed by atoms with van der Waals surface area (Å²) in [6, 6.07) is 2.52. The number of nitrogens with zero attached hydrogens (tertiary/aromatic N) is 3. The van der Waals surface area contributed by atoms with Gasteiger partial charge in [0.05, 0.1) is 15.4 Å². The molecule has 13 heteroatoms. The second-order valence-electron chi connectivity index (χ2n) is 10.2. The van der Waals surface area contributed by atoms with Gasteiger partial charge in [-0.15, -0.1) is 0 Å². The van der Waals surface area contributed by atoms with E-state index in [0.717, 1.165) is 10.9 Å². The van der Waals surface area contributed by atoms with Crippen molar-refractivity contribution in [2.45, 2.75) is 68.1 Å². The first-order valence-corrected chi connectivity index (χ1v) is 13.2. The van der Waals surface area contributed by atoms with Crippen molar-refractivity contribution in [3.8, 4) is 0 Å². The van der Waals surface area contributed by atoms with E-state index in [1.165, 1.54) is 18.3 Å². The number of rotatable bonds is 6. The number of hydrogen-bond donors (Lipinski definition) is 2. The fourth-order valence-electron chi connectivity index (χ4n) is 5.53. The Labute approximate surface area is 198 Å². The molecule has 3 saturated carbocycles. The van der Waals surface area contributed by atoms with Gasteiger partial charge >= 0.3 is 6.18 Å². The van der Waals surface area contributed by atoms with E-state index in [1.807, 2.05) is 0 Å². The molecule has 2 heterocycles. The van der Waals surface area contributed by atoms with Crippen LogP contribution in [-0.2, 0) is 22.5 Å². The molecule has 1 atom stereocenters. The zero-order chi connectivity index (χ0) is 25.4.